The minimum absolute atomic E-state index is 0.0594. The molecule has 30 heavy (non-hydrogen) atoms. The van der Waals surface area contributed by atoms with E-state index in [-0.39, 0.29) is 11.9 Å². The average molecular weight is 408 g/mol. The number of carbonyl (C=O) groups is 1. The fourth-order valence-electron chi connectivity index (χ4n) is 4.22. The highest BCUT2D eigenvalue weighted by Gasteiger charge is 2.32. The van der Waals surface area contributed by atoms with Gasteiger partial charge in [0.05, 0.1) is 30.8 Å². The Morgan fingerprint density at radius 3 is 2.83 bits per heavy atom. The first-order valence-corrected chi connectivity index (χ1v) is 10.7. The third-order valence-electron chi connectivity index (χ3n) is 5.69. The fourth-order valence-corrected chi connectivity index (χ4v) is 4.22. The summed E-state index contributed by atoms with van der Waals surface area (Å²) in [6.45, 7) is 4.14. The standard InChI is InChI=1S/C24H29N3O3/c1-3-23(28)26-14-7-13-22(26)24-25-20-11-4-5-12-21(20)27(24)15-8-16-30-19-10-6-9-18(17-19)29-2/h4-6,9-12,17,22H,3,7-8,13-16H2,1-2H3. The Balaban J connectivity index is 1.51. The SMILES string of the molecule is CCC(=O)N1CCCC1c1nc2ccccc2n1CCCOc1cccc(OC)c1. The predicted octanol–water partition coefficient (Wildman–Crippen LogP) is 4.59. The van der Waals surface area contributed by atoms with E-state index in [2.05, 4.69) is 10.6 Å². The second-order valence-electron chi connectivity index (χ2n) is 7.59. The summed E-state index contributed by atoms with van der Waals surface area (Å²) in [7, 11) is 1.65. The maximum atomic E-state index is 12.5. The first-order valence-electron chi connectivity index (χ1n) is 10.7. The molecule has 0 saturated carbocycles. The van der Waals surface area contributed by atoms with Gasteiger partial charge in [-0.2, -0.15) is 0 Å². The van der Waals surface area contributed by atoms with Crippen molar-refractivity contribution in [3.05, 3.63) is 54.4 Å². The summed E-state index contributed by atoms with van der Waals surface area (Å²) in [6, 6.07) is 15.9. The van der Waals surface area contributed by atoms with E-state index in [1.165, 1.54) is 0 Å². The molecule has 158 valence electrons. The highest BCUT2D eigenvalue weighted by molar-refractivity contribution is 5.78. The maximum absolute atomic E-state index is 12.5. The summed E-state index contributed by atoms with van der Waals surface area (Å²) in [5.74, 6) is 2.80. The number of nitrogens with zero attached hydrogens (tertiary/aromatic N) is 3. The Morgan fingerprint density at radius 2 is 2.00 bits per heavy atom. The second kappa shape index (κ2) is 9.20. The number of para-hydroxylation sites is 2. The van der Waals surface area contributed by atoms with Crippen LogP contribution in [0.3, 0.4) is 0 Å². The number of carbonyl (C=O) groups excluding carboxylic acids is 1. The molecule has 0 spiro atoms. The number of fused-ring (bicyclic) bond motifs is 1. The highest BCUT2D eigenvalue weighted by atomic mass is 16.5. The van der Waals surface area contributed by atoms with Crippen LogP contribution in [0, 0.1) is 0 Å². The number of amides is 1. The topological polar surface area (TPSA) is 56.6 Å². The maximum Gasteiger partial charge on any atom is 0.222 e. The lowest BCUT2D eigenvalue weighted by Gasteiger charge is -2.25. The molecular formula is C24H29N3O3. The zero-order valence-electron chi connectivity index (χ0n) is 17.7. The largest absolute Gasteiger partial charge is 0.497 e. The van der Waals surface area contributed by atoms with E-state index >= 15 is 0 Å². The molecule has 0 radical (unpaired) electrons. The first-order chi connectivity index (χ1) is 14.7. The van der Waals surface area contributed by atoms with Gasteiger partial charge < -0.3 is 18.9 Å². The number of imidazole rings is 1. The first kappa shape index (κ1) is 20.3. The van der Waals surface area contributed by atoms with Gasteiger partial charge >= 0.3 is 0 Å². The molecule has 3 aromatic rings. The van der Waals surface area contributed by atoms with Crippen LogP contribution in [0.15, 0.2) is 48.5 Å². The van der Waals surface area contributed by atoms with Crippen LogP contribution >= 0.6 is 0 Å². The van der Waals surface area contributed by atoms with Crippen molar-refractivity contribution in [2.45, 2.75) is 45.2 Å². The van der Waals surface area contributed by atoms with Crippen LogP contribution < -0.4 is 9.47 Å². The van der Waals surface area contributed by atoms with Crippen molar-refractivity contribution < 1.29 is 14.3 Å². The van der Waals surface area contributed by atoms with Gasteiger partial charge in [-0.25, -0.2) is 4.98 Å². The molecule has 1 unspecified atom stereocenters. The van der Waals surface area contributed by atoms with Crippen LogP contribution in [-0.4, -0.2) is 40.6 Å². The van der Waals surface area contributed by atoms with Crippen molar-refractivity contribution in [1.29, 1.82) is 0 Å². The minimum Gasteiger partial charge on any atom is -0.497 e. The number of benzene rings is 2. The zero-order valence-corrected chi connectivity index (χ0v) is 17.7. The Hall–Kier alpha value is -3.02. The number of rotatable bonds is 8. The Bertz CT molecular complexity index is 1010. The van der Waals surface area contributed by atoms with E-state index in [1.54, 1.807) is 7.11 Å². The number of likely N-dealkylation sites (tertiary alicyclic amines) is 1. The van der Waals surface area contributed by atoms with E-state index in [9.17, 15) is 4.79 Å². The summed E-state index contributed by atoms with van der Waals surface area (Å²) in [6.07, 6.45) is 3.37. The van der Waals surface area contributed by atoms with Gasteiger partial charge in [-0.05, 0) is 43.5 Å². The van der Waals surface area contributed by atoms with Crippen LogP contribution in [0.4, 0.5) is 0 Å². The normalized spacial score (nSPS) is 16.2. The van der Waals surface area contributed by atoms with Gasteiger partial charge in [-0.1, -0.05) is 25.1 Å². The molecule has 1 aromatic heterocycles. The fraction of sp³-hybridized carbons (Fsp3) is 0.417. The molecule has 1 saturated heterocycles. The number of aromatic nitrogens is 2. The van der Waals surface area contributed by atoms with E-state index in [0.717, 1.165) is 60.7 Å². The number of aryl methyl sites for hydroxylation is 1. The van der Waals surface area contributed by atoms with E-state index < -0.39 is 0 Å². The molecule has 1 aliphatic heterocycles. The highest BCUT2D eigenvalue weighted by Crippen LogP contribution is 2.34. The lowest BCUT2D eigenvalue weighted by Crippen LogP contribution is -2.31. The molecule has 1 aliphatic rings. The van der Waals surface area contributed by atoms with Crippen molar-refractivity contribution >= 4 is 16.9 Å². The molecule has 6 heteroatoms. The summed E-state index contributed by atoms with van der Waals surface area (Å²) in [5.41, 5.74) is 2.10. The third-order valence-corrected chi connectivity index (χ3v) is 5.69. The van der Waals surface area contributed by atoms with Gasteiger partial charge in [0.25, 0.3) is 0 Å². The Labute approximate surface area is 177 Å². The quantitative estimate of drug-likeness (QED) is 0.513. The molecule has 1 fully saturated rings. The van der Waals surface area contributed by atoms with Crippen LogP contribution in [0.2, 0.25) is 0 Å². The van der Waals surface area contributed by atoms with Gasteiger partial charge in [0.15, 0.2) is 0 Å². The number of hydrogen-bond acceptors (Lipinski definition) is 4. The van der Waals surface area contributed by atoms with Gasteiger partial charge in [0.2, 0.25) is 5.91 Å². The lowest BCUT2D eigenvalue weighted by molar-refractivity contribution is -0.131. The number of hydrogen-bond donors (Lipinski definition) is 0. The molecule has 0 N–H and O–H groups in total. The van der Waals surface area contributed by atoms with E-state index in [1.807, 2.05) is 54.3 Å². The van der Waals surface area contributed by atoms with Crippen molar-refractivity contribution in [2.75, 3.05) is 20.3 Å². The smallest absolute Gasteiger partial charge is 0.222 e. The Kier molecular flexibility index (Phi) is 6.21. The molecule has 1 atom stereocenters. The molecule has 6 nitrogen and oxygen atoms in total. The summed E-state index contributed by atoms with van der Waals surface area (Å²) in [5, 5.41) is 0. The molecule has 4 rings (SSSR count). The molecule has 0 bridgehead atoms. The zero-order chi connectivity index (χ0) is 20.9. The monoisotopic (exact) mass is 407 g/mol. The van der Waals surface area contributed by atoms with Crippen LogP contribution in [0.1, 0.15) is 44.5 Å². The van der Waals surface area contributed by atoms with Gasteiger partial charge in [0, 0.05) is 25.6 Å². The molecule has 2 aromatic carbocycles. The van der Waals surface area contributed by atoms with Gasteiger partial charge in [0.1, 0.15) is 17.3 Å². The van der Waals surface area contributed by atoms with Crippen LogP contribution in [0.25, 0.3) is 11.0 Å². The lowest BCUT2D eigenvalue weighted by atomic mass is 10.2. The van der Waals surface area contributed by atoms with Crippen molar-refractivity contribution in [2.24, 2.45) is 0 Å². The van der Waals surface area contributed by atoms with Crippen LogP contribution in [-0.2, 0) is 11.3 Å². The number of ether oxygens (including phenoxy) is 2. The molecule has 1 amide bonds. The second-order valence-corrected chi connectivity index (χ2v) is 7.59. The van der Waals surface area contributed by atoms with Crippen molar-refractivity contribution in [3.63, 3.8) is 0 Å². The average Bonchev–Trinajstić information content (AvgIpc) is 3.41. The third kappa shape index (κ3) is 4.13. The Morgan fingerprint density at radius 1 is 1.17 bits per heavy atom. The molecular weight excluding hydrogens is 378 g/mol. The molecule has 0 aliphatic carbocycles. The van der Waals surface area contributed by atoms with Crippen molar-refractivity contribution in [3.8, 4) is 11.5 Å². The summed E-state index contributed by atoms with van der Waals surface area (Å²) >= 11 is 0. The van der Waals surface area contributed by atoms with Crippen molar-refractivity contribution in [1.82, 2.24) is 14.5 Å². The molecule has 2 heterocycles. The number of methoxy groups -OCH3 is 1. The minimum atomic E-state index is 0.0594. The van der Waals surface area contributed by atoms with Gasteiger partial charge in [-0.3, -0.25) is 4.79 Å². The van der Waals surface area contributed by atoms with Crippen LogP contribution in [0.5, 0.6) is 11.5 Å². The summed E-state index contributed by atoms with van der Waals surface area (Å²) < 4.78 is 13.5. The summed E-state index contributed by atoms with van der Waals surface area (Å²) in [4.78, 5) is 19.4. The van der Waals surface area contributed by atoms with E-state index in [0.29, 0.717) is 13.0 Å². The van der Waals surface area contributed by atoms with Gasteiger partial charge in [-0.15, -0.1) is 0 Å². The van der Waals surface area contributed by atoms with E-state index in [4.69, 9.17) is 14.5 Å². The predicted molar refractivity (Wildman–Crippen MR) is 117 cm³/mol.